The lowest BCUT2D eigenvalue weighted by atomic mass is 10.2. The Labute approximate surface area is 138 Å². The number of amides is 1. The van der Waals surface area contributed by atoms with Gasteiger partial charge in [-0.05, 0) is 12.1 Å². The SMILES string of the molecule is CC(C)c1nc(CC(=O)NCCc2nnc3ccccn23)cs1. The molecule has 3 aromatic rings. The predicted octanol–water partition coefficient (Wildman–Crippen LogP) is 2.21. The second-order valence-electron chi connectivity index (χ2n) is 5.65. The molecule has 7 heteroatoms. The molecule has 120 valence electrons. The van der Waals surface area contributed by atoms with Crippen LogP contribution in [0.5, 0.6) is 0 Å². The molecule has 0 fully saturated rings. The summed E-state index contributed by atoms with van der Waals surface area (Å²) >= 11 is 1.61. The molecule has 3 heterocycles. The zero-order valence-corrected chi connectivity index (χ0v) is 14.0. The van der Waals surface area contributed by atoms with Crippen molar-refractivity contribution in [3.05, 3.63) is 46.3 Å². The largest absolute Gasteiger partial charge is 0.355 e. The van der Waals surface area contributed by atoms with Gasteiger partial charge in [0, 0.05) is 30.5 Å². The molecule has 0 radical (unpaired) electrons. The van der Waals surface area contributed by atoms with Crippen molar-refractivity contribution in [3.63, 3.8) is 0 Å². The summed E-state index contributed by atoms with van der Waals surface area (Å²) in [4.78, 5) is 16.5. The smallest absolute Gasteiger partial charge is 0.226 e. The van der Waals surface area contributed by atoms with E-state index in [0.717, 1.165) is 22.2 Å². The summed E-state index contributed by atoms with van der Waals surface area (Å²) in [6.45, 7) is 4.74. The standard InChI is InChI=1S/C16H19N5OS/c1-11(2)16-18-12(10-23-16)9-15(22)17-7-6-14-20-19-13-5-3-4-8-21(13)14/h3-5,8,10-11H,6-7,9H2,1-2H3,(H,17,22). The Kier molecular flexibility index (Phi) is 4.66. The van der Waals surface area contributed by atoms with E-state index in [1.165, 1.54) is 0 Å². The molecule has 1 N–H and O–H groups in total. The van der Waals surface area contributed by atoms with E-state index in [0.29, 0.717) is 25.3 Å². The van der Waals surface area contributed by atoms with Gasteiger partial charge in [0.25, 0.3) is 0 Å². The highest BCUT2D eigenvalue weighted by atomic mass is 32.1. The van der Waals surface area contributed by atoms with Crippen molar-refractivity contribution >= 4 is 22.9 Å². The Balaban J connectivity index is 1.51. The summed E-state index contributed by atoms with van der Waals surface area (Å²) in [6.07, 6.45) is 2.89. The van der Waals surface area contributed by atoms with E-state index in [2.05, 4.69) is 34.3 Å². The normalized spacial score (nSPS) is 11.3. The number of carbonyl (C=O) groups excluding carboxylic acids is 1. The minimum Gasteiger partial charge on any atom is -0.355 e. The van der Waals surface area contributed by atoms with Gasteiger partial charge >= 0.3 is 0 Å². The second-order valence-corrected chi connectivity index (χ2v) is 6.54. The number of pyridine rings is 1. The van der Waals surface area contributed by atoms with E-state index in [4.69, 9.17) is 0 Å². The molecule has 0 spiro atoms. The molecule has 0 bridgehead atoms. The molecule has 0 saturated heterocycles. The molecule has 0 aromatic carbocycles. The summed E-state index contributed by atoms with van der Waals surface area (Å²) in [6, 6.07) is 5.77. The number of fused-ring (bicyclic) bond motifs is 1. The molecule has 0 saturated carbocycles. The number of aromatic nitrogens is 4. The summed E-state index contributed by atoms with van der Waals surface area (Å²) in [5, 5.41) is 14.2. The maximum Gasteiger partial charge on any atom is 0.226 e. The van der Waals surface area contributed by atoms with Crippen molar-refractivity contribution in [2.45, 2.75) is 32.6 Å². The Morgan fingerprint density at radius 2 is 2.22 bits per heavy atom. The summed E-state index contributed by atoms with van der Waals surface area (Å²) < 4.78 is 1.93. The number of hydrogen-bond donors (Lipinski definition) is 1. The number of hydrogen-bond acceptors (Lipinski definition) is 5. The van der Waals surface area contributed by atoms with Crippen LogP contribution >= 0.6 is 11.3 Å². The monoisotopic (exact) mass is 329 g/mol. The minimum absolute atomic E-state index is 0.0144. The number of rotatable bonds is 6. The van der Waals surface area contributed by atoms with Gasteiger partial charge in [-0.15, -0.1) is 21.5 Å². The van der Waals surface area contributed by atoms with Crippen LogP contribution < -0.4 is 5.32 Å². The predicted molar refractivity (Wildman–Crippen MR) is 89.6 cm³/mol. The topological polar surface area (TPSA) is 72.2 Å². The lowest BCUT2D eigenvalue weighted by Crippen LogP contribution is -2.27. The van der Waals surface area contributed by atoms with Crippen LogP contribution in [0.4, 0.5) is 0 Å². The maximum atomic E-state index is 12.0. The highest BCUT2D eigenvalue weighted by molar-refractivity contribution is 7.09. The lowest BCUT2D eigenvalue weighted by molar-refractivity contribution is -0.120. The number of nitrogens with zero attached hydrogens (tertiary/aromatic N) is 4. The van der Waals surface area contributed by atoms with Crippen molar-refractivity contribution in [2.75, 3.05) is 6.54 Å². The van der Waals surface area contributed by atoms with Crippen LogP contribution in [0.2, 0.25) is 0 Å². The fraction of sp³-hybridized carbons (Fsp3) is 0.375. The second kappa shape index (κ2) is 6.87. The highest BCUT2D eigenvalue weighted by Crippen LogP contribution is 2.19. The summed E-state index contributed by atoms with van der Waals surface area (Å²) in [5.74, 6) is 1.23. The van der Waals surface area contributed by atoms with E-state index in [1.807, 2.05) is 34.2 Å². The molecule has 0 aliphatic carbocycles. The van der Waals surface area contributed by atoms with Crippen molar-refractivity contribution in [3.8, 4) is 0 Å². The van der Waals surface area contributed by atoms with Gasteiger partial charge in [-0.25, -0.2) is 4.98 Å². The molecular formula is C16H19N5OS. The average molecular weight is 329 g/mol. The first-order valence-corrected chi connectivity index (χ1v) is 8.51. The number of nitrogens with one attached hydrogen (secondary N) is 1. The van der Waals surface area contributed by atoms with Crippen LogP contribution in [0.1, 0.15) is 36.3 Å². The molecule has 0 aliphatic rings. The van der Waals surface area contributed by atoms with Gasteiger partial charge in [-0.3, -0.25) is 9.20 Å². The van der Waals surface area contributed by atoms with Crippen molar-refractivity contribution in [2.24, 2.45) is 0 Å². The van der Waals surface area contributed by atoms with Gasteiger partial charge in [-0.2, -0.15) is 0 Å². The van der Waals surface area contributed by atoms with Crippen molar-refractivity contribution in [1.82, 2.24) is 24.9 Å². The summed E-state index contributed by atoms with van der Waals surface area (Å²) in [7, 11) is 0. The zero-order valence-electron chi connectivity index (χ0n) is 13.2. The van der Waals surface area contributed by atoms with Gasteiger partial charge in [0.05, 0.1) is 17.1 Å². The first-order valence-electron chi connectivity index (χ1n) is 7.63. The van der Waals surface area contributed by atoms with Crippen LogP contribution in [-0.2, 0) is 17.6 Å². The molecule has 3 rings (SSSR count). The van der Waals surface area contributed by atoms with E-state index >= 15 is 0 Å². The molecule has 3 aromatic heterocycles. The molecular weight excluding hydrogens is 310 g/mol. The molecule has 0 unspecified atom stereocenters. The maximum absolute atomic E-state index is 12.0. The van der Waals surface area contributed by atoms with Crippen LogP contribution in [-0.4, -0.2) is 32.0 Å². The fourth-order valence-corrected chi connectivity index (χ4v) is 3.11. The van der Waals surface area contributed by atoms with Crippen LogP contribution in [0, 0.1) is 0 Å². The van der Waals surface area contributed by atoms with Crippen LogP contribution in [0.25, 0.3) is 5.65 Å². The van der Waals surface area contributed by atoms with Gasteiger partial charge in [-0.1, -0.05) is 19.9 Å². The molecule has 0 atom stereocenters. The van der Waals surface area contributed by atoms with E-state index in [-0.39, 0.29) is 5.91 Å². The van der Waals surface area contributed by atoms with Crippen LogP contribution in [0.15, 0.2) is 29.8 Å². The first kappa shape index (κ1) is 15.6. The molecule has 1 amide bonds. The Hall–Kier alpha value is -2.28. The Bertz CT molecular complexity index is 808. The average Bonchev–Trinajstić information content (AvgIpc) is 3.15. The lowest BCUT2D eigenvalue weighted by Gasteiger charge is -2.03. The van der Waals surface area contributed by atoms with E-state index < -0.39 is 0 Å². The minimum atomic E-state index is -0.0144. The third-order valence-electron chi connectivity index (χ3n) is 3.46. The van der Waals surface area contributed by atoms with Crippen molar-refractivity contribution in [1.29, 1.82) is 0 Å². The van der Waals surface area contributed by atoms with Crippen molar-refractivity contribution < 1.29 is 4.79 Å². The number of carbonyl (C=O) groups is 1. The Morgan fingerprint density at radius 3 is 3.00 bits per heavy atom. The fourth-order valence-electron chi connectivity index (χ4n) is 2.27. The van der Waals surface area contributed by atoms with E-state index in [1.54, 1.807) is 11.3 Å². The van der Waals surface area contributed by atoms with Gasteiger partial charge < -0.3 is 5.32 Å². The third kappa shape index (κ3) is 3.73. The quantitative estimate of drug-likeness (QED) is 0.752. The summed E-state index contributed by atoms with van der Waals surface area (Å²) in [5.41, 5.74) is 1.65. The first-order chi connectivity index (χ1) is 11.1. The zero-order chi connectivity index (χ0) is 16.2. The van der Waals surface area contributed by atoms with Gasteiger partial charge in [0.2, 0.25) is 5.91 Å². The Morgan fingerprint density at radius 1 is 1.35 bits per heavy atom. The highest BCUT2D eigenvalue weighted by Gasteiger charge is 2.10. The number of thiazole rings is 1. The molecule has 6 nitrogen and oxygen atoms in total. The van der Waals surface area contributed by atoms with Gasteiger partial charge in [0.1, 0.15) is 5.82 Å². The van der Waals surface area contributed by atoms with Gasteiger partial charge in [0.15, 0.2) is 5.65 Å². The third-order valence-corrected chi connectivity index (χ3v) is 4.65. The van der Waals surface area contributed by atoms with Crippen LogP contribution in [0.3, 0.4) is 0 Å². The molecule has 23 heavy (non-hydrogen) atoms. The van der Waals surface area contributed by atoms with E-state index in [9.17, 15) is 4.79 Å². The molecule has 0 aliphatic heterocycles.